The van der Waals surface area contributed by atoms with E-state index in [0.29, 0.717) is 24.2 Å². The number of rotatable bonds is 8. The number of amides is 2. The van der Waals surface area contributed by atoms with Crippen LogP contribution in [0, 0.1) is 0 Å². The number of hydrogen-bond acceptors (Lipinski definition) is 3. The Balaban J connectivity index is 1.43. The molecule has 1 aliphatic carbocycles. The number of carbonyl (C=O) groups excluding carboxylic acids is 1. The summed E-state index contributed by atoms with van der Waals surface area (Å²) in [6, 6.07) is 11.9. The maximum atomic E-state index is 12.5. The van der Waals surface area contributed by atoms with Crippen molar-refractivity contribution >= 4 is 23.3 Å². The van der Waals surface area contributed by atoms with Crippen LogP contribution in [-0.2, 0) is 6.54 Å². The van der Waals surface area contributed by atoms with E-state index in [1.807, 2.05) is 41.3 Å². The zero-order valence-corrected chi connectivity index (χ0v) is 14.9. The zero-order chi connectivity index (χ0) is 17.5. The summed E-state index contributed by atoms with van der Waals surface area (Å²) in [5.74, 6) is 0. The molecule has 0 aliphatic heterocycles. The van der Waals surface area contributed by atoms with E-state index < -0.39 is 0 Å². The molecule has 1 aromatic carbocycles. The lowest BCUT2D eigenvalue weighted by atomic mass is 10.2. The second kappa shape index (κ2) is 8.72. The first-order valence-corrected chi connectivity index (χ1v) is 9.03. The van der Waals surface area contributed by atoms with E-state index in [9.17, 15) is 4.79 Å². The minimum Gasteiger partial charge on any atom is -0.384 e. The molecule has 2 amide bonds. The molecule has 0 radical (unpaired) electrons. The number of halogens is 1. The monoisotopic (exact) mass is 358 g/mol. The molecule has 1 heterocycles. The lowest BCUT2D eigenvalue weighted by molar-refractivity contribution is 0.192. The lowest BCUT2D eigenvalue weighted by Gasteiger charge is -2.23. The predicted octanol–water partition coefficient (Wildman–Crippen LogP) is 3.91. The van der Waals surface area contributed by atoms with E-state index in [4.69, 9.17) is 11.6 Å². The van der Waals surface area contributed by atoms with E-state index >= 15 is 0 Å². The van der Waals surface area contributed by atoms with Gasteiger partial charge in [-0.2, -0.15) is 0 Å². The molecule has 1 aliphatic rings. The highest BCUT2D eigenvalue weighted by Gasteiger charge is 2.32. The number of hydrogen-bond donors (Lipinski definition) is 2. The molecule has 3 rings (SSSR count). The smallest absolute Gasteiger partial charge is 0.317 e. The number of aromatic nitrogens is 1. The first-order chi connectivity index (χ1) is 12.2. The van der Waals surface area contributed by atoms with Gasteiger partial charge in [0.05, 0.1) is 5.69 Å². The SMILES string of the molecule is O=C(NCCCNc1cccnc1)N(Cc1ccccc1Cl)C1CC1. The number of benzene rings is 1. The highest BCUT2D eigenvalue weighted by atomic mass is 35.5. The van der Waals surface area contributed by atoms with E-state index in [-0.39, 0.29) is 6.03 Å². The van der Waals surface area contributed by atoms with Gasteiger partial charge < -0.3 is 15.5 Å². The second-order valence-electron chi connectivity index (χ2n) is 6.20. The third-order valence-corrected chi connectivity index (χ3v) is 4.54. The third-order valence-electron chi connectivity index (χ3n) is 4.17. The van der Waals surface area contributed by atoms with Crippen LogP contribution in [0.25, 0.3) is 0 Å². The maximum Gasteiger partial charge on any atom is 0.317 e. The average molecular weight is 359 g/mol. The highest BCUT2D eigenvalue weighted by Crippen LogP contribution is 2.29. The van der Waals surface area contributed by atoms with Crippen molar-refractivity contribution in [3.05, 3.63) is 59.4 Å². The van der Waals surface area contributed by atoms with Crippen molar-refractivity contribution in [2.75, 3.05) is 18.4 Å². The number of carbonyl (C=O) groups is 1. The van der Waals surface area contributed by atoms with Gasteiger partial charge in [0.1, 0.15) is 0 Å². The Bertz CT molecular complexity index is 691. The van der Waals surface area contributed by atoms with Crippen LogP contribution in [0.3, 0.4) is 0 Å². The summed E-state index contributed by atoms with van der Waals surface area (Å²) in [4.78, 5) is 18.5. The van der Waals surface area contributed by atoms with Gasteiger partial charge >= 0.3 is 6.03 Å². The van der Waals surface area contributed by atoms with Gasteiger partial charge in [0, 0.05) is 43.1 Å². The number of pyridine rings is 1. The molecule has 0 unspecified atom stereocenters. The Labute approximate surface area is 153 Å². The van der Waals surface area contributed by atoms with Crippen molar-refractivity contribution in [3.63, 3.8) is 0 Å². The Kier molecular flexibility index (Phi) is 6.12. The molecule has 0 saturated heterocycles. The van der Waals surface area contributed by atoms with Gasteiger partial charge in [0.25, 0.3) is 0 Å². The van der Waals surface area contributed by atoms with Crippen molar-refractivity contribution < 1.29 is 4.79 Å². The van der Waals surface area contributed by atoms with Crippen molar-refractivity contribution in [1.29, 1.82) is 0 Å². The summed E-state index contributed by atoms with van der Waals surface area (Å²) < 4.78 is 0. The Morgan fingerprint density at radius 1 is 1.20 bits per heavy atom. The summed E-state index contributed by atoms with van der Waals surface area (Å²) in [6.45, 7) is 1.99. The van der Waals surface area contributed by atoms with Crippen LogP contribution in [0.5, 0.6) is 0 Å². The quantitative estimate of drug-likeness (QED) is 0.703. The molecule has 5 nitrogen and oxygen atoms in total. The maximum absolute atomic E-state index is 12.5. The fourth-order valence-electron chi connectivity index (χ4n) is 2.65. The topological polar surface area (TPSA) is 57.3 Å². The minimum absolute atomic E-state index is 0.0104. The van der Waals surface area contributed by atoms with Gasteiger partial charge in [-0.3, -0.25) is 4.98 Å². The normalized spacial score (nSPS) is 13.3. The van der Waals surface area contributed by atoms with Crippen LogP contribution in [0.15, 0.2) is 48.8 Å². The van der Waals surface area contributed by atoms with Crippen LogP contribution < -0.4 is 10.6 Å². The van der Waals surface area contributed by atoms with Gasteiger partial charge in [-0.05, 0) is 43.0 Å². The fourth-order valence-corrected chi connectivity index (χ4v) is 2.84. The van der Waals surface area contributed by atoms with Crippen LogP contribution in [-0.4, -0.2) is 35.0 Å². The minimum atomic E-state index is -0.0104. The van der Waals surface area contributed by atoms with E-state index in [2.05, 4.69) is 15.6 Å². The van der Waals surface area contributed by atoms with Gasteiger partial charge in [-0.15, -0.1) is 0 Å². The molecule has 0 atom stereocenters. The van der Waals surface area contributed by atoms with Crippen molar-refractivity contribution in [2.24, 2.45) is 0 Å². The standard InChI is InChI=1S/C19H23ClN4O/c20-18-7-2-1-5-15(18)14-24(17-8-9-17)19(25)23-12-4-11-22-16-6-3-10-21-13-16/h1-3,5-7,10,13,17,22H,4,8-9,11-12,14H2,(H,23,25). The van der Waals surface area contributed by atoms with E-state index in [0.717, 1.165) is 37.1 Å². The summed E-state index contributed by atoms with van der Waals surface area (Å²) in [5, 5.41) is 7.01. The molecule has 1 aromatic heterocycles. The van der Waals surface area contributed by atoms with Crippen molar-refractivity contribution in [2.45, 2.75) is 31.8 Å². The summed E-state index contributed by atoms with van der Waals surface area (Å²) in [6.07, 6.45) is 6.53. The molecule has 2 N–H and O–H groups in total. The van der Waals surface area contributed by atoms with E-state index in [1.165, 1.54) is 0 Å². The number of urea groups is 1. The third kappa shape index (κ3) is 5.36. The number of anilines is 1. The number of nitrogens with zero attached hydrogens (tertiary/aromatic N) is 2. The first-order valence-electron chi connectivity index (χ1n) is 8.66. The molecule has 2 aromatic rings. The molecule has 0 spiro atoms. The van der Waals surface area contributed by atoms with Crippen LogP contribution in [0.4, 0.5) is 10.5 Å². The molecule has 6 heteroatoms. The highest BCUT2D eigenvalue weighted by molar-refractivity contribution is 6.31. The van der Waals surface area contributed by atoms with Crippen molar-refractivity contribution in [3.8, 4) is 0 Å². The summed E-state index contributed by atoms with van der Waals surface area (Å²) in [5.41, 5.74) is 1.98. The Morgan fingerprint density at radius 3 is 2.76 bits per heavy atom. The van der Waals surface area contributed by atoms with Crippen LogP contribution in [0.2, 0.25) is 5.02 Å². The molecule has 0 bridgehead atoms. The van der Waals surface area contributed by atoms with Crippen LogP contribution in [0.1, 0.15) is 24.8 Å². The fraction of sp³-hybridized carbons (Fsp3) is 0.368. The zero-order valence-electron chi connectivity index (χ0n) is 14.1. The molecule has 132 valence electrons. The first kappa shape index (κ1) is 17.5. The van der Waals surface area contributed by atoms with Gasteiger partial charge in [-0.1, -0.05) is 29.8 Å². The summed E-state index contributed by atoms with van der Waals surface area (Å²) in [7, 11) is 0. The number of nitrogens with one attached hydrogen (secondary N) is 2. The van der Waals surface area contributed by atoms with Crippen molar-refractivity contribution in [1.82, 2.24) is 15.2 Å². The predicted molar refractivity (Wildman–Crippen MR) is 101 cm³/mol. The van der Waals surface area contributed by atoms with Gasteiger partial charge in [0.2, 0.25) is 0 Å². The average Bonchev–Trinajstić information content (AvgIpc) is 3.46. The van der Waals surface area contributed by atoms with Gasteiger partial charge in [0.15, 0.2) is 0 Å². The molecule has 25 heavy (non-hydrogen) atoms. The van der Waals surface area contributed by atoms with E-state index in [1.54, 1.807) is 12.4 Å². The molecule has 1 fully saturated rings. The largest absolute Gasteiger partial charge is 0.384 e. The van der Waals surface area contributed by atoms with Crippen LogP contribution >= 0.6 is 11.6 Å². The Hall–Kier alpha value is -2.27. The van der Waals surface area contributed by atoms with Gasteiger partial charge in [-0.25, -0.2) is 4.79 Å². The Morgan fingerprint density at radius 2 is 2.04 bits per heavy atom. The molecular weight excluding hydrogens is 336 g/mol. The molecular formula is C19H23ClN4O. The lowest BCUT2D eigenvalue weighted by Crippen LogP contribution is -2.41. The molecule has 1 saturated carbocycles. The summed E-state index contributed by atoms with van der Waals surface area (Å²) >= 11 is 6.23. The second-order valence-corrected chi connectivity index (χ2v) is 6.61.